The number of hydrogen-bond donors (Lipinski definition) is 2. The standard InChI is InChI=1S/C5H6BO2/c7-5(8)4-2-1-3-6-4/h1-3,5,7-8H. The van der Waals surface area contributed by atoms with Crippen molar-refractivity contribution in [3.63, 3.8) is 0 Å². The van der Waals surface area contributed by atoms with E-state index in [9.17, 15) is 0 Å². The number of hydrogen-bond acceptors (Lipinski definition) is 2. The highest BCUT2D eigenvalue weighted by molar-refractivity contribution is 6.52. The van der Waals surface area contributed by atoms with Crippen LogP contribution in [0.3, 0.4) is 0 Å². The zero-order chi connectivity index (χ0) is 5.98. The first kappa shape index (κ1) is 5.60. The summed E-state index contributed by atoms with van der Waals surface area (Å²) in [7, 11) is 1.66. The van der Waals surface area contributed by atoms with Crippen LogP contribution in [0.1, 0.15) is 0 Å². The van der Waals surface area contributed by atoms with Crippen LogP contribution >= 0.6 is 0 Å². The lowest BCUT2D eigenvalue weighted by Gasteiger charge is -2.00. The minimum atomic E-state index is -1.31. The van der Waals surface area contributed by atoms with E-state index in [1.165, 1.54) is 0 Å². The average Bonchev–Trinajstić information content (AvgIpc) is 2.12. The smallest absolute Gasteiger partial charge is 0.182 e. The zero-order valence-electron chi connectivity index (χ0n) is 4.28. The summed E-state index contributed by atoms with van der Waals surface area (Å²) >= 11 is 0. The van der Waals surface area contributed by atoms with E-state index in [0.717, 1.165) is 0 Å². The highest BCUT2D eigenvalue weighted by atomic mass is 16.5. The average molecular weight is 109 g/mol. The van der Waals surface area contributed by atoms with Gasteiger partial charge in [0.2, 0.25) is 0 Å². The first-order chi connectivity index (χ1) is 3.80. The maximum atomic E-state index is 8.47. The van der Waals surface area contributed by atoms with Crippen molar-refractivity contribution in [3.05, 3.63) is 23.6 Å². The van der Waals surface area contributed by atoms with Crippen LogP contribution in [0.4, 0.5) is 0 Å². The van der Waals surface area contributed by atoms with Crippen molar-refractivity contribution in [1.29, 1.82) is 0 Å². The van der Waals surface area contributed by atoms with Crippen molar-refractivity contribution in [2.75, 3.05) is 0 Å². The highest BCUT2D eigenvalue weighted by Gasteiger charge is 2.06. The van der Waals surface area contributed by atoms with E-state index in [0.29, 0.717) is 5.47 Å². The van der Waals surface area contributed by atoms with Crippen LogP contribution in [0.25, 0.3) is 0 Å². The summed E-state index contributed by atoms with van der Waals surface area (Å²) in [6.45, 7) is 0. The molecule has 0 saturated heterocycles. The quantitative estimate of drug-likeness (QED) is 0.349. The van der Waals surface area contributed by atoms with Crippen molar-refractivity contribution >= 4 is 7.28 Å². The van der Waals surface area contributed by atoms with Gasteiger partial charge >= 0.3 is 0 Å². The minimum Gasteiger partial charge on any atom is -0.365 e. The molecule has 2 N–H and O–H groups in total. The lowest BCUT2D eigenvalue weighted by atomic mass is 9.73. The second-order valence-electron chi connectivity index (χ2n) is 1.59. The molecule has 2 nitrogen and oxygen atoms in total. The first-order valence-electron chi connectivity index (χ1n) is 2.38. The summed E-state index contributed by atoms with van der Waals surface area (Å²) in [5.74, 6) is 1.76. The van der Waals surface area contributed by atoms with Gasteiger partial charge in [0.25, 0.3) is 0 Å². The Morgan fingerprint density at radius 3 is 2.50 bits per heavy atom. The number of aliphatic hydroxyl groups is 2. The normalized spacial score (nSPS) is 16.6. The van der Waals surface area contributed by atoms with Gasteiger partial charge in [-0.3, -0.25) is 0 Å². The molecule has 1 radical (unpaired) electrons. The minimum absolute atomic E-state index is 0.546. The monoisotopic (exact) mass is 109 g/mol. The predicted octanol–water partition coefficient (Wildman–Crippen LogP) is -0.588. The van der Waals surface area contributed by atoms with E-state index in [1.807, 2.05) is 0 Å². The number of aliphatic hydroxyl groups excluding tert-OH is 1. The Kier molecular flexibility index (Phi) is 1.51. The molecule has 41 valence electrons. The summed E-state index contributed by atoms with van der Waals surface area (Å²) in [6, 6.07) is 0. The molecule has 0 aromatic carbocycles. The Bertz CT molecular complexity index is 137. The molecule has 0 spiro atoms. The van der Waals surface area contributed by atoms with Crippen LogP contribution < -0.4 is 0 Å². The molecule has 0 bridgehead atoms. The maximum Gasteiger partial charge on any atom is 0.182 e. The van der Waals surface area contributed by atoms with Crippen LogP contribution in [0.5, 0.6) is 0 Å². The third-order valence-corrected chi connectivity index (χ3v) is 0.987. The van der Waals surface area contributed by atoms with Crippen LogP contribution in [-0.2, 0) is 0 Å². The Hall–Kier alpha value is -0.535. The van der Waals surface area contributed by atoms with Gasteiger partial charge in [0, 0.05) is 0 Å². The summed E-state index contributed by atoms with van der Waals surface area (Å²) in [6.07, 6.45) is 2.10. The van der Waals surface area contributed by atoms with Crippen LogP contribution in [-0.4, -0.2) is 23.8 Å². The molecule has 0 saturated carbocycles. The van der Waals surface area contributed by atoms with E-state index < -0.39 is 6.29 Å². The van der Waals surface area contributed by atoms with Crippen LogP contribution in [0, 0.1) is 0 Å². The molecule has 8 heavy (non-hydrogen) atoms. The van der Waals surface area contributed by atoms with Gasteiger partial charge < -0.3 is 10.2 Å². The van der Waals surface area contributed by atoms with E-state index in [-0.39, 0.29) is 0 Å². The molecule has 0 atom stereocenters. The zero-order valence-corrected chi connectivity index (χ0v) is 4.28. The Morgan fingerprint density at radius 2 is 2.25 bits per heavy atom. The highest BCUT2D eigenvalue weighted by Crippen LogP contribution is 2.03. The summed E-state index contributed by atoms with van der Waals surface area (Å²) in [5, 5.41) is 16.9. The van der Waals surface area contributed by atoms with Gasteiger partial charge in [-0.05, 0) is 5.47 Å². The summed E-state index contributed by atoms with van der Waals surface area (Å²) in [4.78, 5) is 0. The molecule has 0 aromatic rings. The fourth-order valence-electron chi connectivity index (χ4n) is 0.561. The fourth-order valence-corrected chi connectivity index (χ4v) is 0.561. The maximum absolute atomic E-state index is 8.47. The summed E-state index contributed by atoms with van der Waals surface area (Å²) in [5.41, 5.74) is 0.546. The first-order valence-corrected chi connectivity index (χ1v) is 2.38. The lowest BCUT2D eigenvalue weighted by Crippen LogP contribution is -2.10. The molecule has 1 aliphatic rings. The Morgan fingerprint density at radius 1 is 1.50 bits per heavy atom. The van der Waals surface area contributed by atoms with E-state index in [1.54, 1.807) is 25.4 Å². The molecule has 0 amide bonds. The molecule has 0 unspecified atom stereocenters. The van der Waals surface area contributed by atoms with Crippen molar-refractivity contribution < 1.29 is 10.2 Å². The number of allylic oxidation sites excluding steroid dienone is 2. The second-order valence-corrected chi connectivity index (χ2v) is 1.59. The molecule has 0 fully saturated rings. The largest absolute Gasteiger partial charge is 0.365 e. The molecular formula is C5H6BO2. The Labute approximate surface area is 48.4 Å². The van der Waals surface area contributed by atoms with E-state index >= 15 is 0 Å². The van der Waals surface area contributed by atoms with Crippen LogP contribution in [0.15, 0.2) is 23.6 Å². The van der Waals surface area contributed by atoms with Crippen molar-refractivity contribution in [3.8, 4) is 0 Å². The van der Waals surface area contributed by atoms with E-state index in [4.69, 9.17) is 10.2 Å². The van der Waals surface area contributed by atoms with Crippen molar-refractivity contribution in [2.45, 2.75) is 6.29 Å². The van der Waals surface area contributed by atoms with Gasteiger partial charge in [-0.1, -0.05) is 12.2 Å². The van der Waals surface area contributed by atoms with Gasteiger partial charge in [0.15, 0.2) is 13.6 Å². The molecule has 1 aliphatic heterocycles. The summed E-state index contributed by atoms with van der Waals surface area (Å²) < 4.78 is 0. The lowest BCUT2D eigenvalue weighted by molar-refractivity contribution is -0.00176. The Balaban J connectivity index is 2.51. The third-order valence-electron chi connectivity index (χ3n) is 0.987. The SMILES string of the molecule is OC(O)C1=CC=C[B]1. The second kappa shape index (κ2) is 2.16. The molecule has 3 heteroatoms. The van der Waals surface area contributed by atoms with E-state index in [2.05, 4.69) is 0 Å². The van der Waals surface area contributed by atoms with Gasteiger partial charge in [0.05, 0.1) is 0 Å². The van der Waals surface area contributed by atoms with Gasteiger partial charge in [-0.25, -0.2) is 0 Å². The van der Waals surface area contributed by atoms with Gasteiger partial charge in [-0.2, -0.15) is 0 Å². The third kappa shape index (κ3) is 0.995. The van der Waals surface area contributed by atoms with Crippen molar-refractivity contribution in [2.24, 2.45) is 0 Å². The molecule has 1 rings (SSSR count). The predicted molar refractivity (Wildman–Crippen MR) is 31.2 cm³/mol. The number of rotatable bonds is 1. The van der Waals surface area contributed by atoms with Crippen LogP contribution in [0.2, 0.25) is 0 Å². The molecular weight excluding hydrogens is 103 g/mol. The molecule has 1 heterocycles. The van der Waals surface area contributed by atoms with Gasteiger partial charge in [-0.15, -0.1) is 5.98 Å². The van der Waals surface area contributed by atoms with Gasteiger partial charge in [0.1, 0.15) is 0 Å². The van der Waals surface area contributed by atoms with Crippen molar-refractivity contribution in [1.82, 2.24) is 0 Å². The molecule has 0 aromatic heterocycles. The fraction of sp³-hybridized carbons (Fsp3) is 0.200. The molecule has 0 aliphatic carbocycles. The topological polar surface area (TPSA) is 40.5 Å².